The number of carbonyl (C=O) groups is 2. The Kier molecular flexibility index (Phi) is 4.05. The monoisotopic (exact) mass is 222 g/mol. The molecule has 1 saturated carbocycles. The van der Waals surface area contributed by atoms with Gasteiger partial charge in [-0.25, -0.2) is 0 Å². The van der Waals surface area contributed by atoms with E-state index < -0.39 is 5.41 Å². The molecule has 0 unspecified atom stereocenters. The minimum absolute atomic E-state index is 0.128. The lowest BCUT2D eigenvalue weighted by Crippen LogP contribution is -2.24. The first kappa shape index (κ1) is 12.7. The molecule has 0 bridgehead atoms. The highest BCUT2D eigenvalue weighted by atomic mass is 16.5. The van der Waals surface area contributed by atoms with Gasteiger partial charge in [0.2, 0.25) is 0 Å². The molecule has 0 spiro atoms. The number of Topliss-reactive ketones (excluding diaryl/α,β-unsaturated/α-hetero) is 1. The van der Waals surface area contributed by atoms with Gasteiger partial charge in [-0.3, -0.25) is 9.59 Å². The molecule has 1 rings (SSSR count). The fraction of sp³-hybridized carbons (Fsp3) is 0.538. The van der Waals surface area contributed by atoms with Crippen LogP contribution >= 0.6 is 0 Å². The highest BCUT2D eigenvalue weighted by Gasteiger charge is 2.47. The topological polar surface area (TPSA) is 43.4 Å². The highest BCUT2D eigenvalue weighted by Crippen LogP contribution is 2.45. The van der Waals surface area contributed by atoms with E-state index in [-0.39, 0.29) is 24.1 Å². The largest absolute Gasteiger partial charge is 0.469 e. The molecule has 0 aromatic carbocycles. The zero-order chi connectivity index (χ0) is 12.2. The zero-order valence-corrected chi connectivity index (χ0v) is 9.70. The summed E-state index contributed by atoms with van der Waals surface area (Å²) < 4.78 is 4.69. The molecule has 1 aliphatic rings. The minimum atomic E-state index is -0.470. The van der Waals surface area contributed by atoms with E-state index >= 15 is 0 Å². The van der Waals surface area contributed by atoms with Gasteiger partial charge in [-0.2, -0.15) is 0 Å². The van der Waals surface area contributed by atoms with Crippen molar-refractivity contribution >= 4 is 11.8 Å². The third-order valence-corrected chi connectivity index (χ3v) is 3.27. The molecule has 1 aliphatic carbocycles. The Morgan fingerprint density at radius 1 is 1.50 bits per heavy atom. The molecule has 0 heterocycles. The van der Waals surface area contributed by atoms with Crippen LogP contribution in [0.2, 0.25) is 0 Å². The predicted molar refractivity (Wildman–Crippen MR) is 61.8 cm³/mol. The van der Waals surface area contributed by atoms with Gasteiger partial charge in [-0.15, -0.1) is 13.2 Å². The lowest BCUT2D eigenvalue weighted by Gasteiger charge is -2.24. The van der Waals surface area contributed by atoms with E-state index in [1.807, 2.05) is 0 Å². The van der Waals surface area contributed by atoms with E-state index in [1.54, 1.807) is 12.2 Å². The molecule has 0 radical (unpaired) electrons. The summed E-state index contributed by atoms with van der Waals surface area (Å²) in [5, 5.41) is 0. The van der Waals surface area contributed by atoms with E-state index in [2.05, 4.69) is 17.9 Å². The third kappa shape index (κ3) is 2.23. The van der Waals surface area contributed by atoms with Crippen molar-refractivity contribution in [1.29, 1.82) is 0 Å². The maximum absolute atomic E-state index is 12.0. The number of hydrogen-bond donors (Lipinski definition) is 0. The summed E-state index contributed by atoms with van der Waals surface area (Å²) in [6, 6.07) is 0. The number of allylic oxidation sites excluding steroid dienone is 2. The normalized spacial score (nSPS) is 22.8. The van der Waals surface area contributed by atoms with Crippen molar-refractivity contribution in [3.05, 3.63) is 25.3 Å². The summed E-state index contributed by atoms with van der Waals surface area (Å²) in [6.07, 6.45) is 5.52. The van der Waals surface area contributed by atoms with Gasteiger partial charge >= 0.3 is 5.97 Å². The summed E-state index contributed by atoms with van der Waals surface area (Å²) in [5.74, 6) is -0.455. The Morgan fingerprint density at radius 2 is 2.06 bits per heavy atom. The van der Waals surface area contributed by atoms with Crippen LogP contribution in [-0.2, 0) is 14.3 Å². The van der Waals surface area contributed by atoms with Crippen LogP contribution in [0.3, 0.4) is 0 Å². The van der Waals surface area contributed by atoms with Gasteiger partial charge in [0, 0.05) is 11.8 Å². The standard InChI is InChI=1S/C13H18O3/c1-4-6-13(7-5-2)9-10(8-11(13)14)12(15)16-3/h4-5,10H,1-2,6-9H2,3H3/t10-/m0/s1. The van der Waals surface area contributed by atoms with E-state index in [9.17, 15) is 9.59 Å². The maximum Gasteiger partial charge on any atom is 0.309 e. The number of ether oxygens (including phenoxy) is 1. The maximum atomic E-state index is 12.0. The van der Waals surface area contributed by atoms with E-state index in [1.165, 1.54) is 7.11 Å². The van der Waals surface area contributed by atoms with Crippen LogP contribution in [0.25, 0.3) is 0 Å². The van der Waals surface area contributed by atoms with Crippen LogP contribution in [0.5, 0.6) is 0 Å². The van der Waals surface area contributed by atoms with Crippen molar-refractivity contribution in [3.8, 4) is 0 Å². The van der Waals surface area contributed by atoms with Gasteiger partial charge in [0.05, 0.1) is 13.0 Å². The molecule has 0 aromatic heterocycles. The second-order valence-corrected chi connectivity index (χ2v) is 4.32. The molecule has 0 aliphatic heterocycles. The van der Waals surface area contributed by atoms with Gasteiger partial charge in [0.15, 0.2) is 0 Å². The van der Waals surface area contributed by atoms with Crippen LogP contribution in [0.15, 0.2) is 25.3 Å². The van der Waals surface area contributed by atoms with Crippen molar-refractivity contribution < 1.29 is 14.3 Å². The summed E-state index contributed by atoms with van der Waals surface area (Å²) in [7, 11) is 1.35. The smallest absolute Gasteiger partial charge is 0.309 e. The predicted octanol–water partition coefficient (Wildman–Crippen LogP) is 2.28. The molecular weight excluding hydrogens is 204 g/mol. The molecule has 0 aromatic rings. The van der Waals surface area contributed by atoms with E-state index in [0.717, 1.165) is 0 Å². The van der Waals surface area contributed by atoms with E-state index in [4.69, 9.17) is 0 Å². The van der Waals surface area contributed by atoms with Crippen molar-refractivity contribution in [1.82, 2.24) is 0 Å². The molecule has 0 saturated heterocycles. The summed E-state index contributed by atoms with van der Waals surface area (Å²) in [6.45, 7) is 7.35. The number of carbonyl (C=O) groups excluding carboxylic acids is 2. The lowest BCUT2D eigenvalue weighted by molar-refractivity contribution is -0.145. The van der Waals surface area contributed by atoms with Gasteiger partial charge in [-0.1, -0.05) is 12.2 Å². The first-order valence-corrected chi connectivity index (χ1v) is 5.42. The molecule has 3 nitrogen and oxygen atoms in total. The molecule has 0 amide bonds. The Hall–Kier alpha value is -1.38. The minimum Gasteiger partial charge on any atom is -0.469 e. The quantitative estimate of drug-likeness (QED) is 0.529. The Morgan fingerprint density at radius 3 is 2.50 bits per heavy atom. The van der Waals surface area contributed by atoms with Crippen LogP contribution in [0.4, 0.5) is 0 Å². The number of hydrogen-bond acceptors (Lipinski definition) is 3. The van der Waals surface area contributed by atoms with E-state index in [0.29, 0.717) is 19.3 Å². The summed E-state index contributed by atoms with van der Waals surface area (Å²) in [5.41, 5.74) is -0.470. The summed E-state index contributed by atoms with van der Waals surface area (Å²) in [4.78, 5) is 23.4. The van der Waals surface area contributed by atoms with Crippen LogP contribution in [-0.4, -0.2) is 18.9 Å². The van der Waals surface area contributed by atoms with Gasteiger partial charge < -0.3 is 4.74 Å². The van der Waals surface area contributed by atoms with Crippen LogP contribution in [0.1, 0.15) is 25.7 Å². The van der Waals surface area contributed by atoms with Crippen LogP contribution < -0.4 is 0 Å². The van der Waals surface area contributed by atoms with Crippen molar-refractivity contribution in [2.45, 2.75) is 25.7 Å². The first-order chi connectivity index (χ1) is 7.59. The highest BCUT2D eigenvalue weighted by molar-refractivity contribution is 5.92. The molecule has 0 N–H and O–H groups in total. The average Bonchev–Trinajstić information content (AvgIpc) is 2.57. The SMILES string of the molecule is C=CCC1(CC=C)C[C@@H](C(=O)OC)CC1=O. The Balaban J connectivity index is 2.86. The van der Waals surface area contributed by atoms with Crippen molar-refractivity contribution in [3.63, 3.8) is 0 Å². The number of methoxy groups -OCH3 is 1. The average molecular weight is 222 g/mol. The molecule has 16 heavy (non-hydrogen) atoms. The van der Waals surface area contributed by atoms with Crippen molar-refractivity contribution in [2.75, 3.05) is 7.11 Å². The molecular formula is C13H18O3. The Bertz CT molecular complexity index is 307. The number of rotatable bonds is 5. The van der Waals surface area contributed by atoms with Gasteiger partial charge in [0.1, 0.15) is 5.78 Å². The third-order valence-electron chi connectivity index (χ3n) is 3.27. The lowest BCUT2D eigenvalue weighted by atomic mass is 9.78. The second-order valence-electron chi connectivity index (χ2n) is 4.32. The zero-order valence-electron chi connectivity index (χ0n) is 9.70. The summed E-state index contributed by atoms with van der Waals surface area (Å²) >= 11 is 0. The van der Waals surface area contributed by atoms with Gasteiger partial charge in [0.25, 0.3) is 0 Å². The first-order valence-electron chi connectivity index (χ1n) is 5.42. The number of ketones is 1. The van der Waals surface area contributed by atoms with Crippen molar-refractivity contribution in [2.24, 2.45) is 11.3 Å². The second kappa shape index (κ2) is 5.10. The Labute approximate surface area is 96.2 Å². The fourth-order valence-corrected chi connectivity index (χ4v) is 2.46. The molecule has 1 fully saturated rings. The van der Waals surface area contributed by atoms with Gasteiger partial charge in [-0.05, 0) is 19.3 Å². The fourth-order valence-electron chi connectivity index (χ4n) is 2.46. The number of esters is 1. The van der Waals surface area contributed by atoms with Crippen LogP contribution in [0, 0.1) is 11.3 Å². The molecule has 3 heteroatoms. The molecule has 88 valence electrons. The molecule has 1 atom stereocenters.